The maximum atomic E-state index is 14.1. The first-order valence-corrected chi connectivity index (χ1v) is 8.94. The van der Waals surface area contributed by atoms with Gasteiger partial charge in [-0.3, -0.25) is 10.4 Å². The van der Waals surface area contributed by atoms with Crippen LogP contribution in [0.4, 0.5) is 26.5 Å². The molecular formula is C21H16FN7O. The summed E-state index contributed by atoms with van der Waals surface area (Å²) in [6, 6.07) is 12.9. The average Bonchev–Trinajstić information content (AvgIpc) is 3.13. The molecule has 0 unspecified atom stereocenters. The lowest BCUT2D eigenvalue weighted by atomic mass is 10.0. The molecule has 9 heteroatoms. The first kappa shape index (κ1) is 18.9. The van der Waals surface area contributed by atoms with Crippen LogP contribution < -0.4 is 16.4 Å². The van der Waals surface area contributed by atoms with Crippen LogP contribution in [0.2, 0.25) is 0 Å². The Morgan fingerprint density at radius 2 is 2.03 bits per heavy atom. The highest BCUT2D eigenvalue weighted by Crippen LogP contribution is 2.31. The molecule has 0 bridgehead atoms. The molecule has 0 atom stereocenters. The van der Waals surface area contributed by atoms with Gasteiger partial charge in [0.15, 0.2) is 5.82 Å². The number of hydrogen-bond donors (Lipinski definition) is 4. The molecule has 0 saturated heterocycles. The summed E-state index contributed by atoms with van der Waals surface area (Å²) in [5.74, 6) is -0.0489. The zero-order valence-electron chi connectivity index (χ0n) is 15.8. The van der Waals surface area contributed by atoms with E-state index in [4.69, 9.17) is 5.73 Å². The number of aromatic amines is 1. The van der Waals surface area contributed by atoms with E-state index in [1.165, 1.54) is 12.1 Å². The lowest BCUT2D eigenvalue weighted by Gasteiger charge is -2.11. The van der Waals surface area contributed by atoms with Gasteiger partial charge in [-0.2, -0.15) is 10.4 Å². The second kappa shape index (κ2) is 7.52. The Balaban J connectivity index is 1.55. The second-order valence-corrected chi connectivity index (χ2v) is 6.57. The van der Waals surface area contributed by atoms with Crippen molar-refractivity contribution >= 4 is 34.3 Å². The van der Waals surface area contributed by atoms with Crippen LogP contribution in [0.3, 0.4) is 0 Å². The van der Waals surface area contributed by atoms with Crippen molar-refractivity contribution in [2.24, 2.45) is 0 Å². The number of anilines is 3. The van der Waals surface area contributed by atoms with Gasteiger partial charge in [-0.05, 0) is 42.3 Å². The van der Waals surface area contributed by atoms with E-state index in [1.807, 2.05) is 24.3 Å². The fraction of sp³-hybridized carbons (Fsp3) is 0.0476. The Bertz CT molecular complexity index is 1310. The van der Waals surface area contributed by atoms with Gasteiger partial charge in [-0.1, -0.05) is 18.2 Å². The molecular weight excluding hydrogens is 385 g/mol. The zero-order valence-corrected chi connectivity index (χ0v) is 15.8. The molecule has 0 aliphatic rings. The van der Waals surface area contributed by atoms with Crippen LogP contribution in [0.15, 0.2) is 48.7 Å². The molecule has 0 spiro atoms. The smallest absolute Gasteiger partial charge is 0.324 e. The molecule has 2 aromatic heterocycles. The first-order valence-electron chi connectivity index (χ1n) is 8.94. The van der Waals surface area contributed by atoms with Crippen LogP contribution in [0, 0.1) is 24.1 Å². The third kappa shape index (κ3) is 3.38. The molecule has 30 heavy (non-hydrogen) atoms. The van der Waals surface area contributed by atoms with Crippen molar-refractivity contribution in [2.45, 2.75) is 6.92 Å². The van der Waals surface area contributed by atoms with Crippen molar-refractivity contribution in [3.05, 3.63) is 65.6 Å². The number of nitrogens with two attached hydrogens (primary N) is 1. The van der Waals surface area contributed by atoms with Crippen LogP contribution in [0.1, 0.15) is 11.1 Å². The highest BCUT2D eigenvalue weighted by Gasteiger charge is 2.15. The summed E-state index contributed by atoms with van der Waals surface area (Å²) in [5, 5.41) is 21.8. The number of hydrogen-bond acceptors (Lipinski definition) is 5. The Morgan fingerprint density at radius 1 is 1.20 bits per heavy atom. The van der Waals surface area contributed by atoms with Gasteiger partial charge in [0.2, 0.25) is 0 Å². The van der Waals surface area contributed by atoms with E-state index in [1.54, 1.807) is 25.3 Å². The van der Waals surface area contributed by atoms with Crippen LogP contribution in [-0.2, 0) is 0 Å². The van der Waals surface area contributed by atoms with Crippen LogP contribution in [0.25, 0.3) is 22.0 Å². The topological polar surface area (TPSA) is 133 Å². The fourth-order valence-electron chi connectivity index (χ4n) is 3.17. The number of benzene rings is 2. The third-order valence-corrected chi connectivity index (χ3v) is 4.65. The summed E-state index contributed by atoms with van der Waals surface area (Å²) in [6.07, 6.45) is 1.59. The molecule has 8 nitrogen and oxygen atoms in total. The van der Waals surface area contributed by atoms with Gasteiger partial charge in [-0.25, -0.2) is 14.2 Å². The number of pyridine rings is 1. The minimum absolute atomic E-state index is 0.0688. The lowest BCUT2D eigenvalue weighted by molar-refractivity contribution is 0.262. The summed E-state index contributed by atoms with van der Waals surface area (Å²) in [5.41, 5.74) is 8.85. The van der Waals surface area contributed by atoms with E-state index in [2.05, 4.69) is 25.8 Å². The maximum absolute atomic E-state index is 14.1. The predicted octanol–water partition coefficient (Wildman–Crippen LogP) is 4.17. The Hall–Kier alpha value is -4.45. The molecule has 0 radical (unpaired) electrons. The van der Waals surface area contributed by atoms with Gasteiger partial charge in [0.1, 0.15) is 17.7 Å². The number of fused-ring (bicyclic) bond motifs is 1. The number of aryl methyl sites for hydroxylation is 1. The number of aromatic nitrogens is 3. The summed E-state index contributed by atoms with van der Waals surface area (Å²) < 4.78 is 14.1. The minimum Gasteiger partial charge on any atom is -0.382 e. The fourth-order valence-corrected chi connectivity index (χ4v) is 3.17. The molecule has 148 valence electrons. The van der Waals surface area contributed by atoms with Crippen molar-refractivity contribution < 1.29 is 9.18 Å². The van der Waals surface area contributed by atoms with Gasteiger partial charge in [-0.15, -0.1) is 0 Å². The number of amides is 2. The molecule has 0 fully saturated rings. The SMILES string of the molecule is Cc1ccc(F)c(NC(=O)Nc2ccc(-c3cccc4[nH]nc(N)c34)cn2)c1C#N. The number of halogens is 1. The largest absolute Gasteiger partial charge is 0.382 e. The predicted molar refractivity (Wildman–Crippen MR) is 112 cm³/mol. The molecule has 2 heterocycles. The number of carbonyl (C=O) groups is 1. The molecule has 4 rings (SSSR count). The minimum atomic E-state index is -0.711. The monoisotopic (exact) mass is 401 g/mol. The van der Waals surface area contributed by atoms with E-state index in [-0.39, 0.29) is 17.1 Å². The molecule has 0 aliphatic carbocycles. The molecule has 0 aliphatic heterocycles. The number of carbonyl (C=O) groups excluding carboxylic acids is 1. The summed E-state index contributed by atoms with van der Waals surface area (Å²) in [6.45, 7) is 1.66. The first-order chi connectivity index (χ1) is 14.5. The summed E-state index contributed by atoms with van der Waals surface area (Å²) in [4.78, 5) is 16.5. The van der Waals surface area contributed by atoms with E-state index in [0.29, 0.717) is 11.4 Å². The molecule has 2 amide bonds. The van der Waals surface area contributed by atoms with Gasteiger partial charge < -0.3 is 11.1 Å². The number of urea groups is 1. The number of nitrogens with one attached hydrogen (secondary N) is 3. The molecule has 2 aromatic carbocycles. The number of nitriles is 1. The number of H-pyrrole nitrogens is 1. The molecule has 0 saturated carbocycles. The van der Waals surface area contributed by atoms with Crippen molar-refractivity contribution in [2.75, 3.05) is 16.4 Å². The summed E-state index contributed by atoms with van der Waals surface area (Å²) in [7, 11) is 0. The standard InChI is InChI=1S/C21H16FN7O/c1-11-5-7-15(22)19(14(11)9-23)27-21(30)26-17-8-6-12(10-25-17)13-3-2-4-16-18(13)20(24)29-28-16/h2-8,10H,1H3,(H3,24,28,29)(H2,25,26,27,30). The lowest BCUT2D eigenvalue weighted by Crippen LogP contribution is -2.21. The van der Waals surface area contributed by atoms with Crippen molar-refractivity contribution in [1.82, 2.24) is 15.2 Å². The maximum Gasteiger partial charge on any atom is 0.324 e. The van der Waals surface area contributed by atoms with Gasteiger partial charge in [0.05, 0.1) is 22.2 Å². The summed E-state index contributed by atoms with van der Waals surface area (Å²) >= 11 is 0. The van der Waals surface area contributed by atoms with Crippen molar-refractivity contribution in [3.63, 3.8) is 0 Å². The average molecular weight is 401 g/mol. The van der Waals surface area contributed by atoms with Crippen molar-refractivity contribution in [3.8, 4) is 17.2 Å². The van der Waals surface area contributed by atoms with Crippen molar-refractivity contribution in [1.29, 1.82) is 5.26 Å². The van der Waals surface area contributed by atoms with Crippen LogP contribution in [0.5, 0.6) is 0 Å². The van der Waals surface area contributed by atoms with Crippen LogP contribution in [-0.4, -0.2) is 21.2 Å². The number of nitrogens with zero attached hydrogens (tertiary/aromatic N) is 3. The van der Waals surface area contributed by atoms with E-state index < -0.39 is 11.8 Å². The Labute approximate surface area is 170 Å². The van der Waals surface area contributed by atoms with Gasteiger partial charge >= 0.3 is 6.03 Å². The third-order valence-electron chi connectivity index (χ3n) is 4.65. The quantitative estimate of drug-likeness (QED) is 0.409. The molecule has 4 aromatic rings. The number of nitrogen functional groups attached to an aromatic ring is 1. The Morgan fingerprint density at radius 3 is 2.77 bits per heavy atom. The zero-order chi connectivity index (χ0) is 21.3. The molecule has 5 N–H and O–H groups in total. The van der Waals surface area contributed by atoms with E-state index >= 15 is 0 Å². The van der Waals surface area contributed by atoms with Crippen LogP contribution >= 0.6 is 0 Å². The van der Waals surface area contributed by atoms with E-state index in [9.17, 15) is 14.4 Å². The number of rotatable bonds is 3. The highest BCUT2D eigenvalue weighted by atomic mass is 19.1. The Kier molecular flexibility index (Phi) is 4.74. The normalized spacial score (nSPS) is 10.6. The van der Waals surface area contributed by atoms with E-state index in [0.717, 1.165) is 22.0 Å². The highest BCUT2D eigenvalue weighted by molar-refractivity contribution is 6.02. The van der Waals surface area contributed by atoms with Gasteiger partial charge in [0, 0.05) is 11.8 Å². The second-order valence-electron chi connectivity index (χ2n) is 6.57. The van der Waals surface area contributed by atoms with Gasteiger partial charge in [0.25, 0.3) is 0 Å².